The molecule has 1 unspecified atom stereocenters. The van der Waals surface area contributed by atoms with Gasteiger partial charge in [0.2, 0.25) is 0 Å². The van der Waals surface area contributed by atoms with Crippen LogP contribution < -0.4 is 0 Å². The molecule has 0 aromatic rings. The first-order chi connectivity index (χ1) is 8.19. The van der Waals surface area contributed by atoms with Gasteiger partial charge in [0.15, 0.2) is 0 Å². The van der Waals surface area contributed by atoms with Crippen molar-refractivity contribution in [3.05, 3.63) is 12.7 Å². The fraction of sp³-hybridized carbons (Fsp3) is 0.750. The Hall–Kier alpha value is -0.653. The number of hydrogen-bond donors (Lipinski definition) is 0. The summed E-state index contributed by atoms with van der Waals surface area (Å²) < 4.78 is 16.7. The maximum absolute atomic E-state index is 11.2. The van der Waals surface area contributed by atoms with Crippen molar-refractivity contribution in [3.63, 3.8) is 0 Å². The maximum atomic E-state index is 11.2. The summed E-state index contributed by atoms with van der Waals surface area (Å²) in [5, 5.41) is 0. The zero-order valence-corrected chi connectivity index (χ0v) is 12.3. The molecule has 0 aliphatic heterocycles. The van der Waals surface area contributed by atoms with Crippen molar-refractivity contribution in [1.29, 1.82) is 0 Å². The summed E-state index contributed by atoms with van der Waals surface area (Å²) in [6.07, 6.45) is 3.76. The van der Waals surface area contributed by atoms with Crippen LogP contribution in [0.25, 0.3) is 0 Å². The van der Waals surface area contributed by atoms with E-state index in [9.17, 15) is 4.79 Å². The largest absolute Gasteiger partial charge is 0.458 e. The van der Waals surface area contributed by atoms with Crippen LogP contribution in [-0.4, -0.2) is 34.2 Å². The van der Waals surface area contributed by atoms with Gasteiger partial charge in [0, 0.05) is 19.3 Å². The average molecular weight is 260 g/mol. The Balaban J connectivity index is 4.35. The Morgan fingerprint density at radius 1 is 1.24 bits per heavy atom. The van der Waals surface area contributed by atoms with Gasteiger partial charge in [-0.15, -0.1) is 0 Å². The van der Waals surface area contributed by atoms with Crippen molar-refractivity contribution in [2.24, 2.45) is 0 Å². The molecule has 0 spiro atoms. The number of ether oxygens (including phenoxy) is 1. The highest BCUT2D eigenvalue weighted by atomic mass is 28.3. The highest BCUT2D eigenvalue weighted by molar-refractivity contribution is 6.46. The molecule has 0 bridgehead atoms. The van der Waals surface area contributed by atoms with Crippen molar-refractivity contribution >= 4 is 15.3 Å². The van der Waals surface area contributed by atoms with Crippen molar-refractivity contribution < 1.29 is 18.4 Å². The molecule has 0 N–H and O–H groups in total. The molecule has 0 aromatic heterocycles. The predicted molar refractivity (Wildman–Crippen MR) is 70.0 cm³/mol. The number of rotatable bonds is 10. The molecule has 0 aromatic carbocycles. The van der Waals surface area contributed by atoms with E-state index in [1.54, 1.807) is 0 Å². The molecule has 0 saturated heterocycles. The van der Waals surface area contributed by atoms with Gasteiger partial charge in [-0.05, 0) is 19.3 Å². The Morgan fingerprint density at radius 3 is 2.12 bits per heavy atom. The molecule has 5 heteroatoms. The van der Waals surface area contributed by atoms with Crippen LogP contribution in [0.3, 0.4) is 0 Å². The van der Waals surface area contributed by atoms with Gasteiger partial charge in [0.05, 0.1) is 0 Å². The summed E-state index contributed by atoms with van der Waals surface area (Å²) in [7, 11) is -1.94. The van der Waals surface area contributed by atoms with Gasteiger partial charge in [0.1, 0.15) is 5.73 Å². The van der Waals surface area contributed by atoms with Gasteiger partial charge in [-0.3, -0.25) is 0 Å². The molecule has 1 atom stereocenters. The van der Waals surface area contributed by atoms with Crippen LogP contribution in [0.1, 0.15) is 40.0 Å². The van der Waals surface area contributed by atoms with E-state index in [4.69, 9.17) is 13.6 Å². The van der Waals surface area contributed by atoms with Crippen LogP contribution in [0.15, 0.2) is 12.7 Å². The standard InChI is InChI=1S/C12H24O4Si/c1-5-9-14-17(15-10-6-2)12(8-4)16-11(13)7-3/h7,12,17H,3,5-6,8-10H2,1-2,4H3. The van der Waals surface area contributed by atoms with Gasteiger partial charge >= 0.3 is 15.3 Å². The molecule has 0 radical (unpaired) electrons. The predicted octanol–water partition coefficient (Wildman–Crippen LogP) is 2.11. The highest BCUT2D eigenvalue weighted by Crippen LogP contribution is 2.08. The van der Waals surface area contributed by atoms with E-state index in [1.165, 1.54) is 6.08 Å². The van der Waals surface area contributed by atoms with E-state index in [2.05, 4.69) is 6.58 Å². The molecule has 0 fully saturated rings. The first-order valence-electron chi connectivity index (χ1n) is 6.25. The maximum Gasteiger partial charge on any atom is 0.363 e. The minimum Gasteiger partial charge on any atom is -0.458 e. The van der Waals surface area contributed by atoms with E-state index < -0.39 is 15.3 Å². The quantitative estimate of drug-likeness (QED) is 0.343. The Morgan fingerprint density at radius 2 is 1.76 bits per heavy atom. The second-order valence-electron chi connectivity index (χ2n) is 3.70. The molecule has 0 aliphatic rings. The van der Waals surface area contributed by atoms with Crippen molar-refractivity contribution in [2.75, 3.05) is 13.2 Å². The van der Waals surface area contributed by atoms with E-state index >= 15 is 0 Å². The topological polar surface area (TPSA) is 44.8 Å². The highest BCUT2D eigenvalue weighted by Gasteiger charge is 2.27. The van der Waals surface area contributed by atoms with Gasteiger partial charge in [-0.2, -0.15) is 0 Å². The lowest BCUT2D eigenvalue weighted by Crippen LogP contribution is -2.40. The van der Waals surface area contributed by atoms with Gasteiger partial charge in [0.25, 0.3) is 0 Å². The third-order valence-electron chi connectivity index (χ3n) is 2.11. The first kappa shape index (κ1) is 16.3. The summed E-state index contributed by atoms with van der Waals surface area (Å²) in [4.78, 5) is 11.2. The van der Waals surface area contributed by atoms with Crippen molar-refractivity contribution in [2.45, 2.75) is 45.8 Å². The van der Waals surface area contributed by atoms with Crippen LogP contribution in [0, 0.1) is 0 Å². The summed E-state index contributed by atoms with van der Waals surface area (Å²) in [6, 6.07) is 0. The van der Waals surface area contributed by atoms with Crippen molar-refractivity contribution in [3.8, 4) is 0 Å². The summed E-state index contributed by atoms with van der Waals surface area (Å²) >= 11 is 0. The van der Waals surface area contributed by atoms with Gasteiger partial charge in [-0.1, -0.05) is 27.4 Å². The van der Waals surface area contributed by atoms with E-state index in [1.807, 2.05) is 20.8 Å². The molecule has 0 rings (SSSR count). The first-order valence-corrected chi connectivity index (χ1v) is 7.86. The lowest BCUT2D eigenvalue weighted by atomic mass is 10.5. The van der Waals surface area contributed by atoms with Gasteiger partial charge in [-0.25, -0.2) is 4.79 Å². The number of hydrogen-bond acceptors (Lipinski definition) is 4. The number of carbonyl (C=O) groups is 1. The fourth-order valence-corrected chi connectivity index (χ4v) is 3.35. The second kappa shape index (κ2) is 10.5. The van der Waals surface area contributed by atoms with Crippen molar-refractivity contribution in [1.82, 2.24) is 0 Å². The summed E-state index contributed by atoms with van der Waals surface area (Å²) in [5.74, 6) is -0.408. The molecular weight excluding hydrogens is 236 g/mol. The second-order valence-corrected chi connectivity index (χ2v) is 5.84. The van der Waals surface area contributed by atoms with Crippen LogP contribution >= 0.6 is 0 Å². The molecule has 0 amide bonds. The van der Waals surface area contributed by atoms with E-state index in [-0.39, 0.29) is 5.73 Å². The monoisotopic (exact) mass is 260 g/mol. The molecular formula is C12H24O4Si. The average Bonchev–Trinajstić information content (AvgIpc) is 2.36. The molecule has 4 nitrogen and oxygen atoms in total. The molecule has 0 heterocycles. The van der Waals surface area contributed by atoms with Crippen LogP contribution in [0.4, 0.5) is 0 Å². The number of esters is 1. The van der Waals surface area contributed by atoms with Crippen LogP contribution in [0.5, 0.6) is 0 Å². The molecule has 0 aliphatic carbocycles. The lowest BCUT2D eigenvalue weighted by Gasteiger charge is -2.24. The van der Waals surface area contributed by atoms with Gasteiger partial charge < -0.3 is 13.6 Å². The minimum absolute atomic E-state index is 0.237. The Labute approximate surface area is 106 Å². The molecule has 17 heavy (non-hydrogen) atoms. The van der Waals surface area contributed by atoms with Crippen LogP contribution in [-0.2, 0) is 18.4 Å². The smallest absolute Gasteiger partial charge is 0.363 e. The zero-order valence-electron chi connectivity index (χ0n) is 11.1. The SMILES string of the molecule is C=CC(=O)OC(CC)[SiH](OCCC)OCCC. The summed E-state index contributed by atoms with van der Waals surface area (Å²) in [5.41, 5.74) is -0.237. The molecule has 100 valence electrons. The van der Waals surface area contributed by atoms with E-state index in [0.29, 0.717) is 19.6 Å². The number of carbonyl (C=O) groups excluding carboxylic acids is 1. The normalized spacial score (nSPS) is 12.5. The molecule has 0 saturated carbocycles. The van der Waals surface area contributed by atoms with E-state index in [0.717, 1.165) is 12.8 Å². The zero-order chi connectivity index (χ0) is 13.1. The Kier molecular flexibility index (Phi) is 10.1. The van der Waals surface area contributed by atoms with Crippen LogP contribution in [0.2, 0.25) is 0 Å². The minimum atomic E-state index is -1.94. The fourth-order valence-electron chi connectivity index (χ4n) is 1.26. The Bertz CT molecular complexity index is 213. The summed E-state index contributed by atoms with van der Waals surface area (Å²) in [6.45, 7) is 10.8. The third-order valence-corrected chi connectivity index (χ3v) is 4.46. The third kappa shape index (κ3) is 7.30. The lowest BCUT2D eigenvalue weighted by molar-refractivity contribution is -0.141.